The third-order valence-corrected chi connectivity index (χ3v) is 7.30. The number of carbonyl (C=O) groups excluding carboxylic acids is 1. The fourth-order valence-corrected chi connectivity index (χ4v) is 5.34. The molecule has 1 aromatic heterocycles. The van der Waals surface area contributed by atoms with Crippen LogP contribution in [0.5, 0.6) is 0 Å². The highest BCUT2D eigenvalue weighted by atomic mass is 16.2. The lowest BCUT2D eigenvalue weighted by Gasteiger charge is -2.43. The van der Waals surface area contributed by atoms with Crippen molar-refractivity contribution in [1.82, 2.24) is 14.8 Å². The Morgan fingerprint density at radius 1 is 1.28 bits per heavy atom. The van der Waals surface area contributed by atoms with Gasteiger partial charge in [0.1, 0.15) is 0 Å². The summed E-state index contributed by atoms with van der Waals surface area (Å²) in [4.78, 5) is 21.7. The average molecular weight is 394 g/mol. The van der Waals surface area contributed by atoms with Crippen molar-refractivity contribution < 1.29 is 4.79 Å². The van der Waals surface area contributed by atoms with Gasteiger partial charge in [0.15, 0.2) is 0 Å². The third kappa shape index (κ3) is 3.31. The van der Waals surface area contributed by atoms with E-state index in [0.717, 1.165) is 19.4 Å². The van der Waals surface area contributed by atoms with Gasteiger partial charge in [0, 0.05) is 41.8 Å². The van der Waals surface area contributed by atoms with Crippen LogP contribution in [0.1, 0.15) is 52.2 Å². The molecule has 156 valence electrons. The number of aromatic nitrogens is 1. The SMILES string of the molecule is CCC(C)C(C)N(C(=O)C1C=C2c3cccc4[nH]cc(c34)CC2N(C)C1)C(C)C. The normalized spacial score (nSPS) is 23.6. The highest BCUT2D eigenvalue weighted by molar-refractivity contribution is 5.99. The molecule has 4 heteroatoms. The lowest BCUT2D eigenvalue weighted by Crippen LogP contribution is -2.52. The summed E-state index contributed by atoms with van der Waals surface area (Å²) in [5.74, 6) is 0.683. The summed E-state index contributed by atoms with van der Waals surface area (Å²) in [6.07, 6.45) is 6.54. The summed E-state index contributed by atoms with van der Waals surface area (Å²) in [6, 6.07) is 7.30. The first-order valence-electron chi connectivity index (χ1n) is 11.2. The van der Waals surface area contributed by atoms with Crippen molar-refractivity contribution >= 4 is 22.4 Å². The molecule has 0 spiro atoms. The quantitative estimate of drug-likeness (QED) is 0.799. The van der Waals surface area contributed by atoms with E-state index in [9.17, 15) is 4.79 Å². The van der Waals surface area contributed by atoms with E-state index in [4.69, 9.17) is 0 Å². The second-order valence-electron chi connectivity index (χ2n) is 9.40. The summed E-state index contributed by atoms with van der Waals surface area (Å²) in [7, 11) is 2.17. The van der Waals surface area contributed by atoms with Crippen LogP contribution in [0.2, 0.25) is 0 Å². The van der Waals surface area contributed by atoms with E-state index in [0.29, 0.717) is 12.0 Å². The second kappa shape index (κ2) is 7.64. The van der Waals surface area contributed by atoms with Crippen molar-refractivity contribution in [2.75, 3.05) is 13.6 Å². The zero-order valence-corrected chi connectivity index (χ0v) is 18.7. The van der Waals surface area contributed by atoms with Crippen LogP contribution in [0.4, 0.5) is 0 Å². The largest absolute Gasteiger partial charge is 0.361 e. The minimum absolute atomic E-state index is 0.0871. The molecule has 1 aromatic carbocycles. The predicted molar refractivity (Wildman–Crippen MR) is 121 cm³/mol. The van der Waals surface area contributed by atoms with E-state index in [1.807, 2.05) is 0 Å². The number of nitrogens with zero attached hydrogens (tertiary/aromatic N) is 2. The summed E-state index contributed by atoms with van der Waals surface area (Å²) in [5.41, 5.74) is 5.21. The third-order valence-electron chi connectivity index (χ3n) is 7.30. The highest BCUT2D eigenvalue weighted by Crippen LogP contribution is 2.41. The molecule has 4 nitrogen and oxygen atoms in total. The van der Waals surface area contributed by atoms with Gasteiger partial charge in [-0.25, -0.2) is 0 Å². The minimum Gasteiger partial charge on any atom is -0.361 e. The summed E-state index contributed by atoms with van der Waals surface area (Å²) in [6.45, 7) is 11.8. The number of hydrogen-bond acceptors (Lipinski definition) is 2. The number of fused-ring (bicyclic) bond motifs is 2. The Bertz CT molecular complexity index is 941. The molecule has 1 aliphatic heterocycles. The monoisotopic (exact) mass is 393 g/mol. The molecular weight excluding hydrogens is 358 g/mol. The Labute approximate surface area is 175 Å². The van der Waals surface area contributed by atoms with Gasteiger partial charge in [-0.05, 0) is 62.9 Å². The first kappa shape index (κ1) is 20.2. The van der Waals surface area contributed by atoms with Crippen LogP contribution in [-0.2, 0) is 11.2 Å². The number of amides is 1. The molecule has 2 aliphatic rings. The van der Waals surface area contributed by atoms with E-state index >= 15 is 0 Å². The van der Waals surface area contributed by atoms with Gasteiger partial charge in [-0.15, -0.1) is 0 Å². The maximum atomic E-state index is 13.7. The first-order valence-corrected chi connectivity index (χ1v) is 11.2. The predicted octanol–water partition coefficient (Wildman–Crippen LogP) is 4.71. The Hall–Kier alpha value is -2.07. The molecule has 2 aromatic rings. The van der Waals surface area contributed by atoms with Gasteiger partial charge < -0.3 is 9.88 Å². The number of aromatic amines is 1. The Morgan fingerprint density at radius 2 is 2.03 bits per heavy atom. The van der Waals surface area contributed by atoms with Gasteiger partial charge in [0.25, 0.3) is 0 Å². The average Bonchev–Trinajstić information content (AvgIpc) is 3.12. The van der Waals surface area contributed by atoms with E-state index < -0.39 is 0 Å². The number of benzene rings is 1. The van der Waals surface area contributed by atoms with Crippen LogP contribution in [-0.4, -0.2) is 52.4 Å². The molecule has 1 aliphatic carbocycles. The fourth-order valence-electron chi connectivity index (χ4n) is 5.34. The van der Waals surface area contributed by atoms with Crippen LogP contribution in [0.3, 0.4) is 0 Å². The molecule has 4 rings (SSSR count). The van der Waals surface area contributed by atoms with E-state index in [1.165, 1.54) is 27.6 Å². The second-order valence-corrected chi connectivity index (χ2v) is 9.40. The van der Waals surface area contributed by atoms with Crippen LogP contribution >= 0.6 is 0 Å². The molecule has 0 fully saturated rings. The van der Waals surface area contributed by atoms with Gasteiger partial charge in [0.2, 0.25) is 5.91 Å². The van der Waals surface area contributed by atoms with Gasteiger partial charge in [-0.3, -0.25) is 9.69 Å². The topological polar surface area (TPSA) is 39.3 Å². The minimum atomic E-state index is -0.0871. The zero-order chi connectivity index (χ0) is 20.9. The number of carbonyl (C=O) groups is 1. The van der Waals surface area contributed by atoms with Gasteiger partial charge >= 0.3 is 0 Å². The molecule has 29 heavy (non-hydrogen) atoms. The van der Waals surface area contributed by atoms with Crippen molar-refractivity contribution in [2.45, 2.75) is 65.6 Å². The summed E-state index contributed by atoms with van der Waals surface area (Å²) < 4.78 is 0. The fraction of sp³-hybridized carbons (Fsp3) is 0.560. The number of likely N-dealkylation sites (N-methyl/N-ethyl adjacent to an activating group) is 1. The van der Waals surface area contributed by atoms with Crippen LogP contribution in [0.15, 0.2) is 30.5 Å². The number of hydrogen-bond donors (Lipinski definition) is 1. The van der Waals surface area contributed by atoms with E-state index in [2.05, 4.69) is 86.9 Å². The molecular formula is C25H35N3O. The Balaban J connectivity index is 1.73. The standard InChI is InChI=1S/C25H35N3O/c1-7-16(4)17(5)28(15(2)3)25(29)19-11-21-20-9-8-10-22-24(20)18(13-26-22)12-23(21)27(6)14-19/h8-11,13,15-17,19,23,26H,7,12,14H2,1-6H3. The lowest BCUT2D eigenvalue weighted by atomic mass is 9.79. The van der Waals surface area contributed by atoms with E-state index in [-0.39, 0.29) is 23.9 Å². The molecule has 2 heterocycles. The van der Waals surface area contributed by atoms with Crippen LogP contribution in [0.25, 0.3) is 16.5 Å². The number of nitrogens with one attached hydrogen (secondary N) is 1. The van der Waals surface area contributed by atoms with Crippen LogP contribution < -0.4 is 0 Å². The molecule has 0 saturated carbocycles. The highest BCUT2D eigenvalue weighted by Gasteiger charge is 2.38. The Morgan fingerprint density at radius 3 is 2.72 bits per heavy atom. The molecule has 0 saturated heterocycles. The maximum absolute atomic E-state index is 13.7. The first-order chi connectivity index (χ1) is 13.8. The Kier molecular flexibility index (Phi) is 5.32. The zero-order valence-electron chi connectivity index (χ0n) is 18.7. The smallest absolute Gasteiger partial charge is 0.231 e. The van der Waals surface area contributed by atoms with Crippen molar-refractivity contribution in [3.05, 3.63) is 41.6 Å². The van der Waals surface area contributed by atoms with Crippen LogP contribution in [0, 0.1) is 11.8 Å². The molecule has 0 radical (unpaired) electrons. The van der Waals surface area contributed by atoms with Crippen molar-refractivity contribution in [1.29, 1.82) is 0 Å². The number of rotatable bonds is 5. The lowest BCUT2D eigenvalue weighted by molar-refractivity contribution is -0.140. The van der Waals surface area contributed by atoms with Crippen molar-refractivity contribution in [3.8, 4) is 0 Å². The van der Waals surface area contributed by atoms with E-state index in [1.54, 1.807) is 0 Å². The molecule has 4 unspecified atom stereocenters. The molecule has 0 bridgehead atoms. The number of H-pyrrole nitrogens is 1. The summed E-state index contributed by atoms with van der Waals surface area (Å²) >= 11 is 0. The van der Waals surface area contributed by atoms with Gasteiger partial charge in [-0.2, -0.15) is 0 Å². The summed E-state index contributed by atoms with van der Waals surface area (Å²) in [5, 5.41) is 1.34. The maximum Gasteiger partial charge on any atom is 0.231 e. The molecule has 1 N–H and O–H groups in total. The molecule has 4 atom stereocenters. The van der Waals surface area contributed by atoms with Gasteiger partial charge in [0.05, 0.1) is 5.92 Å². The van der Waals surface area contributed by atoms with Gasteiger partial charge in [-0.1, -0.05) is 38.5 Å². The van der Waals surface area contributed by atoms with Crippen molar-refractivity contribution in [2.24, 2.45) is 11.8 Å². The molecule has 1 amide bonds. The van der Waals surface area contributed by atoms with Crippen molar-refractivity contribution in [3.63, 3.8) is 0 Å².